The van der Waals surface area contributed by atoms with E-state index < -0.39 is 0 Å². The number of carbonyl (C=O) groups is 1. The van der Waals surface area contributed by atoms with E-state index >= 15 is 0 Å². The van der Waals surface area contributed by atoms with Gasteiger partial charge in [-0.3, -0.25) is 14.7 Å². The lowest BCUT2D eigenvalue weighted by Gasteiger charge is -2.32. The molecule has 1 amide bonds. The third kappa shape index (κ3) is 6.37. The van der Waals surface area contributed by atoms with Gasteiger partial charge in [0.15, 0.2) is 0 Å². The van der Waals surface area contributed by atoms with Gasteiger partial charge in [-0.05, 0) is 73.0 Å². The van der Waals surface area contributed by atoms with Crippen LogP contribution in [-0.4, -0.2) is 49.1 Å². The number of amides is 1. The van der Waals surface area contributed by atoms with Crippen LogP contribution < -0.4 is 10.1 Å². The summed E-state index contributed by atoms with van der Waals surface area (Å²) in [4.78, 5) is 19.2. The molecule has 4 rings (SSSR count). The van der Waals surface area contributed by atoms with E-state index in [0.29, 0.717) is 25.4 Å². The molecule has 1 aliphatic rings. The van der Waals surface area contributed by atoms with Gasteiger partial charge in [0.25, 0.3) is 0 Å². The number of benzene rings is 2. The van der Waals surface area contributed by atoms with Gasteiger partial charge < -0.3 is 14.8 Å². The molecule has 1 aliphatic heterocycles. The molecule has 1 aromatic heterocycles. The highest BCUT2D eigenvalue weighted by Crippen LogP contribution is 2.24. The third-order valence-electron chi connectivity index (χ3n) is 5.55. The summed E-state index contributed by atoms with van der Waals surface area (Å²) in [7, 11) is 1.67. The Morgan fingerprint density at radius 1 is 1.18 bits per heavy atom. The van der Waals surface area contributed by atoms with Crippen molar-refractivity contribution >= 4 is 11.6 Å². The summed E-state index contributed by atoms with van der Waals surface area (Å²) in [5.74, 6) is 0.363. The number of morpholine rings is 1. The summed E-state index contributed by atoms with van der Waals surface area (Å²) in [5, 5.41) is 2.81. The molecule has 0 radical (unpaired) electrons. The minimum Gasteiger partial charge on any atom is -0.497 e. The maximum atomic E-state index is 13.1. The molecule has 2 aromatic carbocycles. The fourth-order valence-electron chi connectivity index (χ4n) is 4.02. The summed E-state index contributed by atoms with van der Waals surface area (Å²) in [5.41, 5.74) is 4.69. The molecule has 2 heterocycles. The molecule has 0 bridgehead atoms. The molecule has 33 heavy (non-hydrogen) atoms. The van der Waals surface area contributed by atoms with Gasteiger partial charge in [-0.15, -0.1) is 0 Å². The van der Waals surface area contributed by atoms with Crippen LogP contribution in [0.15, 0.2) is 60.7 Å². The van der Waals surface area contributed by atoms with Crippen molar-refractivity contribution < 1.29 is 18.7 Å². The number of hydrogen-bond donors (Lipinski definition) is 1. The monoisotopic (exact) mass is 449 g/mol. The molecule has 1 saturated heterocycles. The minimum atomic E-state index is -0.333. The van der Waals surface area contributed by atoms with Gasteiger partial charge >= 0.3 is 0 Å². The fourth-order valence-corrected chi connectivity index (χ4v) is 4.02. The van der Waals surface area contributed by atoms with Crippen LogP contribution in [0.3, 0.4) is 0 Å². The molecular formula is C26H28FN3O3. The standard InChI is InChI=1S/C26H28FN3O3/c1-18-12-20(13-19-4-3-5-23(14-19)32-2)15-24(28-18)25-16-30(10-11-33-25)17-26(31)29-22-8-6-21(27)7-9-22/h3-9,12,14-15,25H,10-11,13,16-17H2,1-2H3,(H,29,31)/t25-/m1/s1. The summed E-state index contributed by atoms with van der Waals surface area (Å²) in [6, 6.07) is 18.0. The van der Waals surface area contributed by atoms with Gasteiger partial charge in [-0.25, -0.2) is 4.39 Å². The summed E-state index contributed by atoms with van der Waals surface area (Å²) < 4.78 is 24.4. The molecule has 0 aliphatic carbocycles. The van der Waals surface area contributed by atoms with Crippen molar-refractivity contribution in [3.05, 3.63) is 89.0 Å². The highest BCUT2D eigenvalue weighted by atomic mass is 19.1. The second-order valence-corrected chi connectivity index (χ2v) is 8.22. The van der Waals surface area contributed by atoms with Crippen LogP contribution in [0.2, 0.25) is 0 Å². The van der Waals surface area contributed by atoms with E-state index in [0.717, 1.165) is 34.7 Å². The van der Waals surface area contributed by atoms with Gasteiger partial charge in [-0.2, -0.15) is 0 Å². The van der Waals surface area contributed by atoms with Crippen molar-refractivity contribution in [2.75, 3.05) is 38.7 Å². The molecule has 7 heteroatoms. The van der Waals surface area contributed by atoms with Crippen LogP contribution in [0.4, 0.5) is 10.1 Å². The van der Waals surface area contributed by atoms with Crippen molar-refractivity contribution in [3.8, 4) is 5.75 Å². The second kappa shape index (κ2) is 10.6. The number of nitrogens with one attached hydrogen (secondary N) is 1. The van der Waals surface area contributed by atoms with E-state index in [9.17, 15) is 9.18 Å². The topological polar surface area (TPSA) is 63.7 Å². The van der Waals surface area contributed by atoms with Crippen molar-refractivity contribution in [1.29, 1.82) is 0 Å². The van der Waals surface area contributed by atoms with Crippen LogP contribution in [0.5, 0.6) is 5.75 Å². The molecule has 6 nitrogen and oxygen atoms in total. The van der Waals surface area contributed by atoms with E-state index in [-0.39, 0.29) is 24.4 Å². The number of rotatable bonds is 7. The SMILES string of the molecule is COc1cccc(Cc2cc(C)nc([C@H]3CN(CC(=O)Nc4ccc(F)cc4)CCO3)c2)c1. The molecule has 0 unspecified atom stereocenters. The van der Waals surface area contributed by atoms with E-state index in [2.05, 4.69) is 28.4 Å². The first-order valence-electron chi connectivity index (χ1n) is 11.0. The lowest BCUT2D eigenvalue weighted by Crippen LogP contribution is -2.42. The average molecular weight is 450 g/mol. The Balaban J connectivity index is 1.40. The van der Waals surface area contributed by atoms with E-state index in [1.807, 2.05) is 25.1 Å². The first-order valence-corrected chi connectivity index (χ1v) is 11.0. The van der Waals surface area contributed by atoms with Crippen molar-refractivity contribution in [1.82, 2.24) is 9.88 Å². The zero-order chi connectivity index (χ0) is 23.2. The molecule has 1 N–H and O–H groups in total. The number of anilines is 1. The van der Waals surface area contributed by atoms with Gasteiger partial charge in [0.05, 0.1) is 26.0 Å². The number of aromatic nitrogens is 1. The summed E-state index contributed by atoms with van der Waals surface area (Å²) in [6.45, 7) is 3.98. The lowest BCUT2D eigenvalue weighted by molar-refractivity contribution is -0.119. The average Bonchev–Trinajstić information content (AvgIpc) is 2.80. The van der Waals surface area contributed by atoms with Crippen molar-refractivity contribution in [2.45, 2.75) is 19.4 Å². The number of methoxy groups -OCH3 is 1. The maximum Gasteiger partial charge on any atom is 0.238 e. The van der Waals surface area contributed by atoms with Gasteiger partial charge in [0.1, 0.15) is 17.7 Å². The first-order chi connectivity index (χ1) is 16.0. The number of pyridine rings is 1. The highest BCUT2D eigenvalue weighted by Gasteiger charge is 2.25. The first kappa shape index (κ1) is 22.9. The Hall–Kier alpha value is -3.29. The maximum absolute atomic E-state index is 13.1. The molecule has 3 aromatic rings. The normalized spacial score (nSPS) is 16.4. The highest BCUT2D eigenvalue weighted by molar-refractivity contribution is 5.92. The number of halogens is 1. The van der Waals surface area contributed by atoms with Crippen LogP contribution in [0.1, 0.15) is 28.6 Å². The Morgan fingerprint density at radius 3 is 2.79 bits per heavy atom. The van der Waals surface area contributed by atoms with E-state index in [1.54, 1.807) is 19.2 Å². The zero-order valence-corrected chi connectivity index (χ0v) is 18.9. The number of carbonyl (C=O) groups excluding carboxylic acids is 1. The third-order valence-corrected chi connectivity index (χ3v) is 5.55. The van der Waals surface area contributed by atoms with Gasteiger partial charge in [-0.1, -0.05) is 12.1 Å². The molecule has 0 saturated carbocycles. The smallest absolute Gasteiger partial charge is 0.238 e. The Kier molecular flexibility index (Phi) is 7.32. The Morgan fingerprint density at radius 2 is 2.00 bits per heavy atom. The predicted octanol–water partition coefficient (Wildman–Crippen LogP) is 4.14. The van der Waals surface area contributed by atoms with Crippen LogP contribution in [0.25, 0.3) is 0 Å². The van der Waals surface area contributed by atoms with E-state index in [4.69, 9.17) is 14.5 Å². The zero-order valence-electron chi connectivity index (χ0n) is 18.9. The van der Waals surface area contributed by atoms with Crippen LogP contribution in [0, 0.1) is 12.7 Å². The van der Waals surface area contributed by atoms with Crippen molar-refractivity contribution in [3.63, 3.8) is 0 Å². The van der Waals surface area contributed by atoms with Gasteiger partial charge in [0, 0.05) is 24.5 Å². The second-order valence-electron chi connectivity index (χ2n) is 8.22. The Bertz CT molecular complexity index is 1100. The summed E-state index contributed by atoms with van der Waals surface area (Å²) in [6.07, 6.45) is 0.561. The van der Waals surface area contributed by atoms with E-state index in [1.165, 1.54) is 12.1 Å². The Labute approximate surface area is 193 Å². The minimum absolute atomic E-state index is 0.141. The van der Waals surface area contributed by atoms with Gasteiger partial charge in [0.2, 0.25) is 5.91 Å². The van der Waals surface area contributed by atoms with Crippen LogP contribution in [-0.2, 0) is 16.0 Å². The molecule has 1 atom stereocenters. The van der Waals surface area contributed by atoms with Crippen LogP contribution >= 0.6 is 0 Å². The number of hydrogen-bond acceptors (Lipinski definition) is 5. The number of aryl methyl sites for hydroxylation is 1. The fraction of sp³-hybridized carbons (Fsp3) is 0.308. The molecule has 0 spiro atoms. The largest absolute Gasteiger partial charge is 0.497 e. The lowest BCUT2D eigenvalue weighted by atomic mass is 10.0. The quantitative estimate of drug-likeness (QED) is 0.587. The molecule has 1 fully saturated rings. The predicted molar refractivity (Wildman–Crippen MR) is 125 cm³/mol. The summed E-state index contributed by atoms with van der Waals surface area (Å²) >= 11 is 0. The number of ether oxygens (including phenoxy) is 2. The number of nitrogens with zero attached hydrogens (tertiary/aromatic N) is 2. The van der Waals surface area contributed by atoms with Crippen molar-refractivity contribution in [2.24, 2.45) is 0 Å². The molecular weight excluding hydrogens is 421 g/mol. The molecule has 172 valence electrons.